The topological polar surface area (TPSA) is 109 Å². The average Bonchev–Trinajstić information content (AvgIpc) is 3.34. The maximum Gasteiger partial charge on any atom is 0.322 e. The Hall–Kier alpha value is -3.06. The van der Waals surface area contributed by atoms with E-state index in [1.54, 1.807) is 24.3 Å². The minimum Gasteiger partial charge on any atom is -0.505 e. The van der Waals surface area contributed by atoms with E-state index in [0.29, 0.717) is 23.6 Å². The fraction of sp³-hybridized carbons (Fsp3) is 0.286. The molecule has 2 aliphatic rings. The molecule has 150 valence electrons. The Morgan fingerprint density at radius 3 is 2.31 bits per heavy atom. The number of aliphatic carboxylic acids is 1. The Balaban J connectivity index is 1.88. The standard InChI is InChI=1S/C21H19ClN2O5/c22-13-5-3-12(4-6-13)14-7-8-15-18(27)17(20(29)23-11-16(25)26)19(28)21(24(14)15)9-1-2-10-21/h3-8,27H,1-2,9-11H2,(H,23,29)(H,25,26). The second kappa shape index (κ2) is 7.08. The number of benzene rings is 1. The van der Waals surface area contributed by atoms with E-state index in [-0.39, 0.29) is 5.57 Å². The van der Waals surface area contributed by atoms with Gasteiger partial charge in [-0.25, -0.2) is 0 Å². The highest BCUT2D eigenvalue weighted by Crippen LogP contribution is 2.47. The maximum atomic E-state index is 13.5. The van der Waals surface area contributed by atoms with Crippen LogP contribution >= 0.6 is 11.6 Å². The number of aliphatic hydroxyl groups is 1. The van der Waals surface area contributed by atoms with Gasteiger partial charge in [-0.2, -0.15) is 0 Å². The number of hydrogen-bond acceptors (Lipinski definition) is 4. The summed E-state index contributed by atoms with van der Waals surface area (Å²) in [5.74, 6) is -3.02. The number of Topliss-reactive ketones (excluding diaryl/α,β-unsaturated/α-hetero) is 1. The number of halogens is 1. The van der Waals surface area contributed by atoms with Gasteiger partial charge in [0.25, 0.3) is 5.91 Å². The van der Waals surface area contributed by atoms with Gasteiger partial charge in [-0.3, -0.25) is 14.4 Å². The molecule has 1 saturated carbocycles. The summed E-state index contributed by atoms with van der Waals surface area (Å²) in [4.78, 5) is 36.8. The smallest absolute Gasteiger partial charge is 0.322 e. The molecule has 8 heteroatoms. The van der Waals surface area contributed by atoms with Gasteiger partial charge < -0.3 is 20.1 Å². The zero-order valence-electron chi connectivity index (χ0n) is 15.4. The van der Waals surface area contributed by atoms with Gasteiger partial charge in [0.05, 0.1) is 5.69 Å². The molecule has 1 aromatic carbocycles. The number of rotatable bonds is 4. The van der Waals surface area contributed by atoms with Crippen molar-refractivity contribution in [2.24, 2.45) is 0 Å². The number of nitrogens with one attached hydrogen (secondary N) is 1. The van der Waals surface area contributed by atoms with Crippen LogP contribution in [0.1, 0.15) is 31.4 Å². The minimum absolute atomic E-state index is 0.372. The molecule has 1 aliphatic carbocycles. The lowest BCUT2D eigenvalue weighted by molar-refractivity contribution is -0.138. The van der Waals surface area contributed by atoms with Gasteiger partial charge in [0, 0.05) is 10.7 Å². The number of aromatic nitrogens is 1. The number of amides is 1. The third kappa shape index (κ3) is 3.02. The molecule has 1 fully saturated rings. The fourth-order valence-electron chi connectivity index (χ4n) is 4.36. The largest absolute Gasteiger partial charge is 0.505 e. The van der Waals surface area contributed by atoms with Crippen molar-refractivity contribution in [3.8, 4) is 11.3 Å². The van der Waals surface area contributed by atoms with Gasteiger partial charge >= 0.3 is 5.97 Å². The molecule has 2 aromatic rings. The summed E-state index contributed by atoms with van der Waals surface area (Å²) in [6.07, 6.45) is 2.70. The first kappa shape index (κ1) is 19.3. The summed E-state index contributed by atoms with van der Waals surface area (Å²) in [6, 6.07) is 10.7. The van der Waals surface area contributed by atoms with Crippen LogP contribution in [-0.2, 0) is 19.9 Å². The van der Waals surface area contributed by atoms with Gasteiger partial charge in [0.15, 0.2) is 11.5 Å². The van der Waals surface area contributed by atoms with Crippen LogP contribution < -0.4 is 5.32 Å². The number of carboxylic acid groups (broad SMARTS) is 1. The van der Waals surface area contributed by atoms with E-state index in [1.165, 1.54) is 0 Å². The van der Waals surface area contributed by atoms with Crippen molar-refractivity contribution < 1.29 is 24.6 Å². The van der Waals surface area contributed by atoms with E-state index in [0.717, 1.165) is 24.1 Å². The van der Waals surface area contributed by atoms with Gasteiger partial charge in [-0.1, -0.05) is 36.6 Å². The van der Waals surface area contributed by atoms with Crippen LogP contribution in [-0.4, -0.2) is 39.0 Å². The zero-order valence-corrected chi connectivity index (χ0v) is 16.2. The predicted molar refractivity (Wildman–Crippen MR) is 107 cm³/mol. The maximum absolute atomic E-state index is 13.5. The Morgan fingerprint density at radius 2 is 1.69 bits per heavy atom. The molecule has 0 radical (unpaired) electrons. The molecular formula is C21H19ClN2O5. The van der Waals surface area contributed by atoms with Gasteiger partial charge in [0.2, 0.25) is 0 Å². The quantitative estimate of drug-likeness (QED) is 0.666. The van der Waals surface area contributed by atoms with Crippen LogP contribution in [0, 0.1) is 0 Å². The van der Waals surface area contributed by atoms with Crippen molar-refractivity contribution in [3.05, 3.63) is 52.7 Å². The van der Waals surface area contributed by atoms with Crippen LogP contribution in [0.2, 0.25) is 5.02 Å². The lowest BCUT2D eigenvalue weighted by atomic mass is 9.82. The van der Waals surface area contributed by atoms with Crippen molar-refractivity contribution in [2.45, 2.75) is 31.2 Å². The summed E-state index contributed by atoms with van der Waals surface area (Å²) in [6.45, 7) is -0.632. The lowest BCUT2D eigenvalue weighted by Gasteiger charge is -2.37. The number of carbonyl (C=O) groups excluding carboxylic acids is 2. The minimum atomic E-state index is -1.23. The van der Waals surface area contributed by atoms with Crippen LogP contribution in [0.3, 0.4) is 0 Å². The van der Waals surface area contributed by atoms with Crippen LogP contribution in [0.5, 0.6) is 0 Å². The Bertz CT molecular complexity index is 1050. The number of fused-ring (bicyclic) bond motifs is 2. The Morgan fingerprint density at radius 1 is 1.07 bits per heavy atom. The van der Waals surface area contributed by atoms with Gasteiger partial charge in [-0.15, -0.1) is 0 Å². The highest BCUT2D eigenvalue weighted by molar-refractivity contribution is 6.30. The molecule has 0 bridgehead atoms. The monoisotopic (exact) mass is 414 g/mol. The number of aliphatic hydroxyl groups excluding tert-OH is 1. The first-order valence-electron chi connectivity index (χ1n) is 9.32. The van der Waals surface area contributed by atoms with Crippen molar-refractivity contribution in [3.63, 3.8) is 0 Å². The molecule has 2 heterocycles. The molecular weight excluding hydrogens is 396 g/mol. The summed E-state index contributed by atoms with van der Waals surface area (Å²) in [5, 5.41) is 22.4. The third-order valence-electron chi connectivity index (χ3n) is 5.64. The molecule has 1 aliphatic heterocycles. The molecule has 0 atom stereocenters. The molecule has 1 spiro atoms. The summed E-state index contributed by atoms with van der Waals surface area (Å²) >= 11 is 5.99. The Labute approximate surface area is 171 Å². The predicted octanol–water partition coefficient (Wildman–Crippen LogP) is 3.13. The van der Waals surface area contributed by atoms with Crippen molar-refractivity contribution >= 4 is 35.0 Å². The highest BCUT2D eigenvalue weighted by atomic mass is 35.5. The molecule has 3 N–H and O–H groups in total. The summed E-state index contributed by atoms with van der Waals surface area (Å²) in [7, 11) is 0. The van der Waals surface area contributed by atoms with Crippen molar-refractivity contribution in [1.29, 1.82) is 0 Å². The number of carbonyl (C=O) groups is 3. The first-order chi connectivity index (χ1) is 13.8. The second-order valence-corrected chi connectivity index (χ2v) is 7.75. The van der Waals surface area contributed by atoms with Crippen molar-refractivity contribution in [2.75, 3.05) is 6.54 Å². The molecule has 29 heavy (non-hydrogen) atoms. The molecule has 7 nitrogen and oxygen atoms in total. The number of ketones is 1. The first-order valence-corrected chi connectivity index (χ1v) is 9.69. The number of nitrogens with zero attached hydrogens (tertiary/aromatic N) is 1. The third-order valence-corrected chi connectivity index (χ3v) is 5.89. The fourth-order valence-corrected chi connectivity index (χ4v) is 4.49. The van der Waals surface area contributed by atoms with E-state index >= 15 is 0 Å². The van der Waals surface area contributed by atoms with Gasteiger partial charge in [0.1, 0.15) is 17.7 Å². The average molecular weight is 415 g/mol. The van der Waals surface area contributed by atoms with E-state index in [2.05, 4.69) is 5.32 Å². The van der Waals surface area contributed by atoms with E-state index in [9.17, 15) is 19.5 Å². The van der Waals surface area contributed by atoms with Crippen molar-refractivity contribution in [1.82, 2.24) is 9.88 Å². The van der Waals surface area contributed by atoms with Crippen LogP contribution in [0.15, 0.2) is 42.0 Å². The van der Waals surface area contributed by atoms with E-state index < -0.39 is 35.5 Å². The lowest BCUT2D eigenvalue weighted by Crippen LogP contribution is -2.48. The van der Waals surface area contributed by atoms with Gasteiger partial charge in [-0.05, 0) is 42.7 Å². The summed E-state index contributed by atoms with van der Waals surface area (Å²) in [5.41, 5.74) is 0.615. The highest BCUT2D eigenvalue weighted by Gasteiger charge is 2.51. The molecule has 1 aromatic heterocycles. The van der Waals surface area contributed by atoms with Crippen LogP contribution in [0.25, 0.3) is 17.0 Å². The molecule has 4 rings (SSSR count). The molecule has 1 amide bonds. The number of hydrogen-bond donors (Lipinski definition) is 3. The normalized spacial score (nSPS) is 17.5. The number of carboxylic acids is 1. The summed E-state index contributed by atoms with van der Waals surface area (Å²) < 4.78 is 1.83. The van der Waals surface area contributed by atoms with E-state index in [1.807, 2.05) is 16.7 Å². The Kier molecular flexibility index (Phi) is 4.70. The van der Waals surface area contributed by atoms with Crippen LogP contribution in [0.4, 0.5) is 0 Å². The SMILES string of the molecule is O=C(O)CNC(=O)C1=C(O)c2ccc(-c3ccc(Cl)cc3)n2C2(CCCC2)C1=O. The zero-order chi connectivity index (χ0) is 20.8. The van der Waals surface area contributed by atoms with E-state index in [4.69, 9.17) is 16.7 Å². The molecule has 0 saturated heterocycles. The second-order valence-electron chi connectivity index (χ2n) is 7.31. The molecule has 0 unspecified atom stereocenters.